The highest BCUT2D eigenvalue weighted by Gasteiger charge is 2.48. The summed E-state index contributed by atoms with van der Waals surface area (Å²) in [5.41, 5.74) is -2.64. The number of imidazole rings is 1. The number of hydrogen-bond acceptors (Lipinski definition) is 8. The molecule has 202 valence electrons. The number of likely N-dealkylation sites (tertiary alicyclic amines) is 1. The number of pyridine rings is 1. The number of carbonyl (C=O) groups excluding carboxylic acids is 1. The molecule has 2 aromatic heterocycles. The van der Waals surface area contributed by atoms with Crippen LogP contribution in [-0.4, -0.2) is 48.9 Å². The highest BCUT2D eigenvalue weighted by Crippen LogP contribution is 2.49. The van der Waals surface area contributed by atoms with E-state index in [1.807, 2.05) is 13.8 Å². The molecule has 0 aromatic carbocycles. The number of thioether (sulfide) groups is 1. The summed E-state index contributed by atoms with van der Waals surface area (Å²) in [4.78, 5) is 18.8. The van der Waals surface area contributed by atoms with E-state index >= 15 is 8.78 Å². The van der Waals surface area contributed by atoms with Crippen LogP contribution in [0.25, 0.3) is 5.52 Å². The van der Waals surface area contributed by atoms with Crippen molar-refractivity contribution < 1.29 is 13.6 Å². The molecule has 3 fully saturated rings. The average Bonchev–Trinajstić information content (AvgIpc) is 3.81. The molecule has 0 bridgehead atoms. The van der Waals surface area contributed by atoms with Crippen molar-refractivity contribution in [3.63, 3.8) is 0 Å². The van der Waals surface area contributed by atoms with Crippen LogP contribution in [0.2, 0.25) is 0 Å². The largest absolute Gasteiger partial charge is 0.342 e. The Balaban J connectivity index is 1.51. The topological polar surface area (TPSA) is 121 Å². The average molecular weight is 560 g/mol. The van der Waals surface area contributed by atoms with E-state index in [4.69, 9.17) is 10.8 Å². The van der Waals surface area contributed by atoms with Gasteiger partial charge in [0.2, 0.25) is 11.9 Å². The first-order valence-corrected chi connectivity index (χ1v) is 14.4. The van der Waals surface area contributed by atoms with Gasteiger partial charge in [-0.3, -0.25) is 24.7 Å². The molecular weight excluding hydrogens is 528 g/mol. The lowest BCUT2D eigenvalue weighted by atomic mass is 9.85. The van der Waals surface area contributed by atoms with Crippen LogP contribution in [-0.2, 0) is 10.5 Å². The molecule has 0 unspecified atom stereocenters. The van der Waals surface area contributed by atoms with Gasteiger partial charge in [-0.1, -0.05) is 25.6 Å². The predicted molar refractivity (Wildman–Crippen MR) is 145 cm³/mol. The Hall–Kier alpha value is -2.49. The number of alkyl halides is 1. The summed E-state index contributed by atoms with van der Waals surface area (Å²) in [7, 11) is 0. The van der Waals surface area contributed by atoms with Crippen LogP contribution >= 0.6 is 23.7 Å². The van der Waals surface area contributed by atoms with E-state index in [0.717, 1.165) is 24.6 Å². The van der Waals surface area contributed by atoms with E-state index in [0.29, 0.717) is 17.7 Å². The summed E-state index contributed by atoms with van der Waals surface area (Å²) < 4.78 is 36.9. The Morgan fingerprint density at radius 2 is 1.87 bits per heavy atom. The van der Waals surface area contributed by atoms with Gasteiger partial charge in [-0.15, -0.1) is 0 Å². The second-order valence-electron chi connectivity index (χ2n) is 11.2. The van der Waals surface area contributed by atoms with Crippen LogP contribution in [0.4, 0.5) is 8.78 Å². The summed E-state index contributed by atoms with van der Waals surface area (Å²) in [6.45, 7) is 6.19. The van der Waals surface area contributed by atoms with Crippen molar-refractivity contribution in [2.24, 2.45) is 11.3 Å². The number of hydrogen-bond donors (Lipinski definition) is 3. The zero-order chi connectivity index (χ0) is 27.5. The van der Waals surface area contributed by atoms with Crippen molar-refractivity contribution in [1.82, 2.24) is 19.0 Å². The summed E-state index contributed by atoms with van der Waals surface area (Å²) in [6, 6.07) is 3.79. The van der Waals surface area contributed by atoms with E-state index in [1.54, 1.807) is 17.2 Å². The summed E-state index contributed by atoms with van der Waals surface area (Å²) in [6.07, 6.45) is 4.88. The normalized spacial score (nSPS) is 20.8. The molecule has 0 radical (unpaired) electrons. The van der Waals surface area contributed by atoms with Gasteiger partial charge in [-0.2, -0.15) is 14.6 Å². The zero-order valence-corrected chi connectivity index (χ0v) is 23.3. The fourth-order valence-electron chi connectivity index (χ4n) is 4.65. The van der Waals surface area contributed by atoms with Gasteiger partial charge in [0, 0.05) is 54.0 Å². The van der Waals surface area contributed by atoms with E-state index in [1.165, 1.54) is 16.3 Å². The lowest BCUT2D eigenvalue weighted by molar-refractivity contribution is -0.137. The van der Waals surface area contributed by atoms with Crippen LogP contribution in [0.5, 0.6) is 0 Å². The number of halogens is 2. The minimum atomic E-state index is -1.88. The molecule has 1 amide bonds. The fraction of sp³-hybridized carbons (Fsp3) is 0.577. The number of carbonyl (C=O) groups is 1. The summed E-state index contributed by atoms with van der Waals surface area (Å²) in [5.74, 6) is -1.13. The molecule has 2 aliphatic carbocycles. The number of nitrogens with zero attached hydrogens (tertiary/aromatic N) is 4. The van der Waals surface area contributed by atoms with Crippen molar-refractivity contribution in [1.29, 1.82) is 16.1 Å². The van der Waals surface area contributed by atoms with Crippen LogP contribution in [0.1, 0.15) is 70.7 Å². The molecule has 1 aliphatic heterocycles. The number of amides is 1. The molecule has 8 nitrogen and oxygen atoms in total. The molecule has 5 rings (SSSR count). The van der Waals surface area contributed by atoms with Crippen molar-refractivity contribution in [2.75, 3.05) is 13.1 Å². The lowest BCUT2D eigenvalue weighted by Gasteiger charge is -2.37. The predicted octanol–water partition coefficient (Wildman–Crippen LogP) is 5.41. The molecular formula is C26H31F2N7OS2. The first-order chi connectivity index (χ1) is 17.9. The van der Waals surface area contributed by atoms with Crippen LogP contribution in [0, 0.1) is 39.4 Å². The number of piperidine rings is 1. The first kappa shape index (κ1) is 27.1. The van der Waals surface area contributed by atoms with Crippen molar-refractivity contribution in [2.45, 2.75) is 75.4 Å². The Morgan fingerprint density at radius 1 is 1.21 bits per heavy atom. The minimum Gasteiger partial charge on any atom is -0.342 e. The van der Waals surface area contributed by atoms with Crippen molar-refractivity contribution in [3.8, 4) is 6.07 Å². The molecule has 3 N–H and O–H groups in total. The molecule has 12 heteroatoms. The van der Waals surface area contributed by atoms with E-state index in [9.17, 15) is 10.1 Å². The van der Waals surface area contributed by atoms with Gasteiger partial charge < -0.3 is 4.90 Å². The number of aromatic nitrogens is 2. The number of fused-ring (bicyclic) bond motifs is 1. The molecule has 0 atom stereocenters. The molecule has 3 aliphatic rings. The molecule has 38 heavy (non-hydrogen) atoms. The van der Waals surface area contributed by atoms with Gasteiger partial charge in [0.15, 0.2) is 5.82 Å². The number of nitriles is 1. The Morgan fingerprint density at radius 3 is 2.42 bits per heavy atom. The highest BCUT2D eigenvalue weighted by molar-refractivity contribution is 8.26. The van der Waals surface area contributed by atoms with Crippen LogP contribution in [0.15, 0.2) is 17.2 Å². The van der Waals surface area contributed by atoms with Gasteiger partial charge in [-0.05, 0) is 50.6 Å². The third-order valence-corrected chi connectivity index (χ3v) is 9.77. The van der Waals surface area contributed by atoms with Gasteiger partial charge >= 0.3 is 0 Å². The highest BCUT2D eigenvalue weighted by atomic mass is 32.2. The SMILES string of the molecule is CC(C)C(=O)N1CCC(F)(c2cc(SNC3(C)CC3)cn3c(C(=N)SC(=N)C4(C#N)CC4)nc(F)c23)CC1. The smallest absolute Gasteiger partial charge is 0.239 e. The Kier molecular flexibility index (Phi) is 6.85. The maximum Gasteiger partial charge on any atom is 0.239 e. The van der Waals surface area contributed by atoms with Crippen molar-refractivity contribution in [3.05, 3.63) is 29.6 Å². The zero-order valence-electron chi connectivity index (χ0n) is 21.7. The number of nitrogens with one attached hydrogen (secondary N) is 3. The van der Waals surface area contributed by atoms with E-state index < -0.39 is 17.0 Å². The monoisotopic (exact) mass is 559 g/mol. The standard InChI is InChI=1S/C26H31F2N7OS2/c1-15(2)22(36)34-10-8-26(28,9-11-34)17-12-16(38-33-24(3)4-5-24)13-35-18(17)19(27)32-21(35)20(30)37-23(31)25(14-29)6-7-25/h12-13,15,30-31,33H,4-11H2,1-3H3. The minimum absolute atomic E-state index is 0.00767. The lowest BCUT2D eigenvalue weighted by Crippen LogP contribution is -2.45. The molecule has 1 saturated heterocycles. The van der Waals surface area contributed by atoms with E-state index in [-0.39, 0.29) is 70.3 Å². The maximum absolute atomic E-state index is 16.6. The van der Waals surface area contributed by atoms with Crippen LogP contribution < -0.4 is 4.72 Å². The second kappa shape index (κ2) is 9.61. The molecule has 2 aromatic rings. The van der Waals surface area contributed by atoms with Crippen LogP contribution in [0.3, 0.4) is 0 Å². The first-order valence-electron chi connectivity index (χ1n) is 12.8. The maximum atomic E-state index is 16.6. The summed E-state index contributed by atoms with van der Waals surface area (Å²) >= 11 is 2.13. The van der Waals surface area contributed by atoms with Gasteiger partial charge in [0.1, 0.15) is 21.6 Å². The Bertz CT molecular complexity index is 1370. The fourth-order valence-corrected chi connectivity index (χ4v) is 6.44. The molecule has 0 spiro atoms. The second-order valence-corrected chi connectivity index (χ2v) is 13.1. The van der Waals surface area contributed by atoms with E-state index in [2.05, 4.69) is 22.7 Å². The molecule has 2 saturated carbocycles. The van der Waals surface area contributed by atoms with Gasteiger partial charge in [-0.25, -0.2) is 4.39 Å². The third-order valence-electron chi connectivity index (χ3n) is 7.73. The van der Waals surface area contributed by atoms with Crippen molar-refractivity contribution >= 4 is 45.2 Å². The number of rotatable bonds is 7. The summed E-state index contributed by atoms with van der Waals surface area (Å²) in [5, 5.41) is 26.2. The quantitative estimate of drug-likeness (QED) is 0.237. The molecule has 3 heterocycles. The van der Waals surface area contributed by atoms with Gasteiger partial charge in [0.05, 0.1) is 11.1 Å². The third kappa shape index (κ3) is 4.96. The van der Waals surface area contributed by atoms with Gasteiger partial charge in [0.25, 0.3) is 0 Å². The Labute approximate surface area is 229 Å².